The Kier molecular flexibility index (Phi) is 10.9. The number of non-ortho nitro benzene ring substituents is 1. The van der Waals surface area contributed by atoms with Crippen LogP contribution in [0, 0.1) is 34.1 Å². The van der Waals surface area contributed by atoms with Crippen molar-refractivity contribution in [3.05, 3.63) is 93.7 Å². The number of nitrogens with zero attached hydrogens (tertiary/aromatic N) is 7. The Labute approximate surface area is 362 Å². The van der Waals surface area contributed by atoms with Crippen molar-refractivity contribution in [1.82, 2.24) is 24.8 Å². The minimum Gasteiger partial charge on any atom is -0.464 e. The number of terminal acetylenes is 1. The number of fused-ring (bicyclic) bond motifs is 5. The summed E-state index contributed by atoms with van der Waals surface area (Å²) in [7, 11) is 0. The summed E-state index contributed by atoms with van der Waals surface area (Å²) in [6.07, 6.45) is 11.7. The molecule has 14 nitrogen and oxygen atoms in total. The third kappa shape index (κ3) is 7.94. The second-order valence-electron chi connectivity index (χ2n) is 17.9. The fraction of sp³-hybridized carbons (Fsp3) is 0.426. The van der Waals surface area contributed by atoms with Gasteiger partial charge in [-0.15, -0.1) is 6.42 Å². The van der Waals surface area contributed by atoms with Crippen LogP contribution < -0.4 is 9.64 Å². The van der Waals surface area contributed by atoms with Gasteiger partial charge in [-0.3, -0.25) is 29.7 Å². The molecule has 0 saturated carbocycles. The predicted molar refractivity (Wildman–Crippen MR) is 230 cm³/mol. The maximum Gasteiger partial charge on any atom is 0.410 e. The second-order valence-corrected chi connectivity index (χ2v) is 17.9. The zero-order valence-electron chi connectivity index (χ0n) is 35.3. The number of benzene rings is 3. The van der Waals surface area contributed by atoms with Gasteiger partial charge in [0.1, 0.15) is 41.7 Å². The summed E-state index contributed by atoms with van der Waals surface area (Å²) in [6, 6.07) is 13.5. The number of hydrogen-bond acceptors (Lipinski definition) is 12. The quantitative estimate of drug-likeness (QED) is 0.0584. The molecule has 16 heteroatoms. The molecule has 3 aromatic carbocycles. The van der Waals surface area contributed by atoms with Crippen molar-refractivity contribution < 1.29 is 37.5 Å². The number of carbonyl (C=O) groups excluding carboxylic acids is 2. The highest BCUT2D eigenvalue weighted by Crippen LogP contribution is 2.44. The van der Waals surface area contributed by atoms with Crippen molar-refractivity contribution in [1.29, 1.82) is 0 Å². The molecule has 2 unspecified atom stereocenters. The summed E-state index contributed by atoms with van der Waals surface area (Å²) >= 11 is 0. The fourth-order valence-electron chi connectivity index (χ4n) is 10.0. The Balaban J connectivity index is 1.01. The van der Waals surface area contributed by atoms with E-state index >= 15 is 8.78 Å². The van der Waals surface area contributed by atoms with E-state index in [2.05, 4.69) is 15.8 Å². The minimum absolute atomic E-state index is 0.00428. The molecule has 2 bridgehead atoms. The fourth-order valence-corrected chi connectivity index (χ4v) is 10.0. The first-order chi connectivity index (χ1) is 30.2. The first kappa shape index (κ1) is 41.9. The van der Waals surface area contributed by atoms with Crippen LogP contribution in [0.15, 0.2) is 60.8 Å². The van der Waals surface area contributed by atoms with Gasteiger partial charge in [0.25, 0.3) is 5.69 Å². The van der Waals surface area contributed by atoms with E-state index in [0.29, 0.717) is 46.2 Å². The van der Waals surface area contributed by atoms with Crippen LogP contribution >= 0.6 is 0 Å². The number of amides is 1. The molecule has 0 N–H and O–H groups in total. The first-order valence-corrected chi connectivity index (χ1v) is 21.3. The number of pyridine rings is 1. The maximum absolute atomic E-state index is 17.3. The first-order valence-electron chi connectivity index (χ1n) is 21.3. The number of nitro benzene ring substituents is 1. The van der Waals surface area contributed by atoms with Crippen LogP contribution in [0.1, 0.15) is 70.4 Å². The summed E-state index contributed by atoms with van der Waals surface area (Å²) < 4.78 is 50.4. The number of ether oxygens (including phenoxy) is 3. The Morgan fingerprint density at radius 1 is 1.02 bits per heavy atom. The highest BCUT2D eigenvalue weighted by atomic mass is 19.1. The molecule has 6 heterocycles. The summed E-state index contributed by atoms with van der Waals surface area (Å²) in [5.41, 5.74) is -0.239. The van der Waals surface area contributed by atoms with E-state index in [-0.39, 0.29) is 72.3 Å². The SMILES string of the molecule is C#Cc1c(F)ccc2cccc(-c3ncc4c(N5CC6CCC(C5)N6C(=O)OC(C)(C)C)nc(OC[C@@]56CCCN5[C@H](COC(=O)Cc5ccc([N+](=O)[O-])cc5)CC6)nc4c3F)c12. The Hall–Kier alpha value is -6.47. The van der Waals surface area contributed by atoms with Gasteiger partial charge >= 0.3 is 18.1 Å². The lowest BCUT2D eigenvalue weighted by molar-refractivity contribution is -0.384. The van der Waals surface area contributed by atoms with Gasteiger partial charge in [-0.25, -0.2) is 13.6 Å². The molecule has 2 aromatic heterocycles. The minimum atomic E-state index is -0.742. The van der Waals surface area contributed by atoms with Crippen LogP contribution in [0.25, 0.3) is 32.9 Å². The lowest BCUT2D eigenvalue weighted by atomic mass is 9.95. The molecule has 4 fully saturated rings. The topological polar surface area (TPSA) is 153 Å². The lowest BCUT2D eigenvalue weighted by Crippen LogP contribution is -2.57. The zero-order chi connectivity index (χ0) is 44.2. The van der Waals surface area contributed by atoms with E-state index in [9.17, 15) is 19.7 Å². The van der Waals surface area contributed by atoms with Crippen LogP contribution in [-0.2, 0) is 20.7 Å². The number of anilines is 1. The number of esters is 1. The van der Waals surface area contributed by atoms with Gasteiger partial charge < -0.3 is 19.1 Å². The molecule has 4 saturated heterocycles. The van der Waals surface area contributed by atoms with Crippen molar-refractivity contribution in [2.45, 2.75) is 95.0 Å². The molecule has 0 radical (unpaired) electrons. The van der Waals surface area contributed by atoms with E-state index in [0.717, 1.165) is 45.1 Å². The largest absolute Gasteiger partial charge is 0.464 e. The summed E-state index contributed by atoms with van der Waals surface area (Å²) in [5, 5.41) is 12.4. The zero-order valence-corrected chi connectivity index (χ0v) is 35.3. The number of nitro groups is 1. The molecule has 63 heavy (non-hydrogen) atoms. The van der Waals surface area contributed by atoms with Gasteiger partial charge in [0.2, 0.25) is 0 Å². The van der Waals surface area contributed by atoms with Crippen LogP contribution in [0.5, 0.6) is 6.01 Å². The summed E-state index contributed by atoms with van der Waals surface area (Å²) in [5.74, 6) is 1.09. The average Bonchev–Trinajstić information content (AvgIpc) is 3.91. The molecule has 4 aliphatic heterocycles. The van der Waals surface area contributed by atoms with Crippen LogP contribution in [0.2, 0.25) is 0 Å². The summed E-state index contributed by atoms with van der Waals surface area (Å²) in [6.45, 7) is 7.52. The molecule has 326 valence electrons. The van der Waals surface area contributed by atoms with Crippen molar-refractivity contribution in [3.8, 4) is 29.6 Å². The maximum atomic E-state index is 17.3. The standard InChI is InChI=1S/C47H47F2N7O7/c1-5-34-37(48)17-12-29-8-6-9-35(39(29)34)41-40(49)42-36(23-50-41)43(53-24-31-15-16-32(25-53)55(31)45(58)63-46(2,3)4)52-44(51-42)62-27-47-19-7-21-54(47)33(18-20-47)26-61-38(57)22-28-10-13-30(14-11-28)56(59)60/h1,6,8-14,17,23,31-33H,7,15-16,18-22,24-27H2,2-4H3/t31?,32?,33-,47-/m0/s1. The highest BCUT2D eigenvalue weighted by molar-refractivity contribution is 6.02. The molecule has 1 amide bonds. The van der Waals surface area contributed by atoms with E-state index in [1.807, 2.05) is 30.6 Å². The van der Waals surface area contributed by atoms with Gasteiger partial charge in [0.15, 0.2) is 5.82 Å². The van der Waals surface area contributed by atoms with Crippen LogP contribution in [-0.4, -0.2) is 104 Å². The van der Waals surface area contributed by atoms with E-state index in [1.54, 1.807) is 36.4 Å². The van der Waals surface area contributed by atoms with Crippen molar-refractivity contribution >= 4 is 45.2 Å². The highest BCUT2D eigenvalue weighted by Gasteiger charge is 2.50. The lowest BCUT2D eigenvalue weighted by Gasteiger charge is -2.42. The molecular formula is C47H47F2N7O7. The number of halogens is 2. The van der Waals surface area contributed by atoms with Gasteiger partial charge in [0, 0.05) is 48.4 Å². The molecule has 4 atom stereocenters. The Bertz CT molecular complexity index is 2670. The van der Waals surface area contributed by atoms with Gasteiger partial charge in [0.05, 0.1) is 39.9 Å². The predicted octanol–water partition coefficient (Wildman–Crippen LogP) is 7.76. The molecular weight excluding hydrogens is 813 g/mol. The molecule has 5 aromatic rings. The third-order valence-electron chi connectivity index (χ3n) is 12.9. The number of carbonyl (C=O) groups is 2. The van der Waals surface area contributed by atoms with E-state index < -0.39 is 33.7 Å². The normalized spacial score (nSPS) is 22.0. The van der Waals surface area contributed by atoms with Gasteiger partial charge in [-0.1, -0.05) is 42.3 Å². The van der Waals surface area contributed by atoms with Gasteiger partial charge in [-0.2, -0.15) is 9.97 Å². The Morgan fingerprint density at radius 3 is 2.49 bits per heavy atom. The Morgan fingerprint density at radius 2 is 1.78 bits per heavy atom. The second kappa shape index (κ2) is 16.3. The van der Waals surface area contributed by atoms with Crippen molar-refractivity contribution in [3.63, 3.8) is 0 Å². The van der Waals surface area contributed by atoms with E-state index in [4.69, 9.17) is 30.6 Å². The molecule has 9 rings (SSSR count). The van der Waals surface area contributed by atoms with Crippen molar-refractivity contribution in [2.75, 3.05) is 37.7 Å². The number of aromatic nitrogens is 3. The molecule has 0 spiro atoms. The number of piperazine rings is 1. The van der Waals surface area contributed by atoms with Crippen molar-refractivity contribution in [2.24, 2.45) is 0 Å². The molecule has 4 aliphatic rings. The van der Waals surface area contributed by atoms with Gasteiger partial charge in [-0.05, 0) is 82.9 Å². The number of rotatable bonds is 10. The van der Waals surface area contributed by atoms with Crippen LogP contribution in [0.3, 0.4) is 0 Å². The average molecular weight is 860 g/mol. The third-order valence-corrected chi connectivity index (χ3v) is 12.9. The monoisotopic (exact) mass is 859 g/mol. The van der Waals surface area contributed by atoms with E-state index in [1.165, 1.54) is 24.4 Å². The summed E-state index contributed by atoms with van der Waals surface area (Å²) in [4.78, 5) is 57.2. The molecule has 0 aliphatic carbocycles. The smallest absolute Gasteiger partial charge is 0.410 e. The van der Waals surface area contributed by atoms with Crippen LogP contribution in [0.4, 0.5) is 25.1 Å². The number of hydrogen-bond donors (Lipinski definition) is 0.